The minimum Gasteiger partial charge on any atom is -0.348 e. The monoisotopic (exact) mass is 313 g/mol. The zero-order chi connectivity index (χ0) is 15.7. The van der Waals surface area contributed by atoms with Crippen molar-refractivity contribution in [1.29, 1.82) is 0 Å². The number of benzene rings is 1. The molecule has 0 spiro atoms. The van der Waals surface area contributed by atoms with Crippen LogP contribution in [0.15, 0.2) is 30.3 Å². The van der Waals surface area contributed by atoms with Crippen LogP contribution in [0, 0.1) is 0 Å². The van der Waals surface area contributed by atoms with Crippen molar-refractivity contribution < 1.29 is 18.0 Å². The number of carbonyl (C=O) groups is 2. The van der Waals surface area contributed by atoms with Gasteiger partial charge in [-0.25, -0.2) is 8.42 Å². The zero-order valence-corrected chi connectivity index (χ0v) is 12.6. The van der Waals surface area contributed by atoms with Gasteiger partial charge in [0, 0.05) is 6.54 Å². The minimum atomic E-state index is -3.75. The van der Waals surface area contributed by atoms with Crippen molar-refractivity contribution >= 4 is 21.8 Å². The number of unbranched alkanes of at least 4 members (excludes halogenated alkanes) is 1. The molecule has 3 N–H and O–H groups in total. The maximum Gasteiger partial charge on any atom is 0.324 e. The van der Waals surface area contributed by atoms with Crippen LogP contribution in [0.2, 0.25) is 0 Å². The number of sulfonamides is 1. The number of hydrogen-bond acceptors (Lipinski definition) is 4. The SMILES string of the molecule is CCCCNC(=O)C(=O)NNS(=O)(=O)Cc1ccccc1. The number of nitrogens with one attached hydrogen (secondary N) is 3. The number of amides is 2. The van der Waals surface area contributed by atoms with Gasteiger partial charge in [0.05, 0.1) is 5.75 Å². The van der Waals surface area contributed by atoms with Gasteiger partial charge in [-0.1, -0.05) is 43.7 Å². The summed E-state index contributed by atoms with van der Waals surface area (Å²) in [7, 11) is -3.75. The van der Waals surface area contributed by atoms with Gasteiger partial charge in [-0.15, -0.1) is 4.83 Å². The van der Waals surface area contributed by atoms with E-state index in [4.69, 9.17) is 0 Å². The zero-order valence-electron chi connectivity index (χ0n) is 11.8. The molecule has 0 fully saturated rings. The lowest BCUT2D eigenvalue weighted by Gasteiger charge is -2.08. The Labute approximate surface area is 124 Å². The van der Waals surface area contributed by atoms with Crippen LogP contribution < -0.4 is 15.6 Å². The summed E-state index contributed by atoms with van der Waals surface area (Å²) in [5.41, 5.74) is 2.46. The van der Waals surface area contributed by atoms with Crippen LogP contribution in [-0.2, 0) is 25.4 Å². The van der Waals surface area contributed by atoms with Gasteiger partial charge >= 0.3 is 11.8 Å². The second-order valence-corrected chi connectivity index (χ2v) is 6.13. The number of carbonyl (C=O) groups excluding carboxylic acids is 2. The molecule has 0 bridgehead atoms. The fourth-order valence-corrected chi connectivity index (χ4v) is 2.42. The first kappa shape index (κ1) is 17.1. The fraction of sp³-hybridized carbons (Fsp3) is 0.385. The van der Waals surface area contributed by atoms with Crippen LogP contribution in [0.25, 0.3) is 0 Å². The summed E-state index contributed by atoms with van der Waals surface area (Å²) in [6, 6.07) is 8.50. The van der Waals surface area contributed by atoms with Crippen molar-refractivity contribution in [2.75, 3.05) is 6.54 Å². The van der Waals surface area contributed by atoms with Crippen molar-refractivity contribution in [3.05, 3.63) is 35.9 Å². The molecular weight excluding hydrogens is 294 g/mol. The Bertz CT molecular complexity index is 572. The van der Waals surface area contributed by atoms with Crippen molar-refractivity contribution in [3.8, 4) is 0 Å². The highest BCUT2D eigenvalue weighted by atomic mass is 32.2. The average Bonchev–Trinajstić information content (AvgIpc) is 2.45. The first-order valence-electron chi connectivity index (χ1n) is 6.56. The first-order chi connectivity index (χ1) is 9.94. The van der Waals surface area contributed by atoms with Gasteiger partial charge in [-0.05, 0) is 12.0 Å². The molecule has 0 aromatic heterocycles. The highest BCUT2D eigenvalue weighted by Gasteiger charge is 2.17. The van der Waals surface area contributed by atoms with Gasteiger partial charge < -0.3 is 5.32 Å². The summed E-state index contributed by atoms with van der Waals surface area (Å²) in [5, 5.41) is 2.38. The molecule has 0 unspecified atom stereocenters. The molecule has 7 nitrogen and oxygen atoms in total. The smallest absolute Gasteiger partial charge is 0.324 e. The molecule has 21 heavy (non-hydrogen) atoms. The third-order valence-corrected chi connectivity index (χ3v) is 3.67. The predicted octanol–water partition coefficient (Wildman–Crippen LogP) is 0.0535. The standard InChI is InChI=1S/C13H19N3O4S/c1-2-3-9-14-12(17)13(18)15-16-21(19,20)10-11-7-5-4-6-8-11/h4-8,16H,2-3,9-10H2,1H3,(H,14,17)(H,15,18). The van der Waals surface area contributed by atoms with Crippen LogP contribution in [0.4, 0.5) is 0 Å². The predicted molar refractivity (Wildman–Crippen MR) is 78.3 cm³/mol. The average molecular weight is 313 g/mol. The lowest BCUT2D eigenvalue weighted by Crippen LogP contribution is -2.48. The van der Waals surface area contributed by atoms with E-state index in [9.17, 15) is 18.0 Å². The molecule has 0 saturated heterocycles. The Kier molecular flexibility index (Phi) is 6.83. The molecule has 116 valence electrons. The highest BCUT2D eigenvalue weighted by Crippen LogP contribution is 2.03. The van der Waals surface area contributed by atoms with E-state index in [1.165, 1.54) is 0 Å². The van der Waals surface area contributed by atoms with E-state index in [0.717, 1.165) is 12.8 Å². The van der Waals surface area contributed by atoms with Gasteiger partial charge in [0.25, 0.3) is 0 Å². The van der Waals surface area contributed by atoms with E-state index < -0.39 is 21.8 Å². The Hall–Kier alpha value is -1.93. The van der Waals surface area contributed by atoms with E-state index in [1.54, 1.807) is 30.3 Å². The topological polar surface area (TPSA) is 104 Å². The number of hydrogen-bond donors (Lipinski definition) is 3. The lowest BCUT2D eigenvalue weighted by atomic mass is 10.2. The Balaban J connectivity index is 2.42. The van der Waals surface area contributed by atoms with Crippen LogP contribution in [0.5, 0.6) is 0 Å². The maximum absolute atomic E-state index is 11.7. The Morgan fingerprint density at radius 1 is 1.10 bits per heavy atom. The van der Waals surface area contributed by atoms with Crippen LogP contribution in [0.3, 0.4) is 0 Å². The number of hydrazine groups is 1. The van der Waals surface area contributed by atoms with Crippen molar-refractivity contribution in [2.45, 2.75) is 25.5 Å². The molecule has 0 heterocycles. The summed E-state index contributed by atoms with van der Waals surface area (Å²) in [5.74, 6) is -2.19. The molecule has 0 aliphatic carbocycles. The third kappa shape index (κ3) is 6.87. The van der Waals surface area contributed by atoms with E-state index in [-0.39, 0.29) is 5.75 Å². The molecule has 8 heteroatoms. The van der Waals surface area contributed by atoms with Crippen molar-refractivity contribution in [2.24, 2.45) is 0 Å². The van der Waals surface area contributed by atoms with Crippen LogP contribution >= 0.6 is 0 Å². The molecule has 0 saturated carbocycles. The molecule has 1 aromatic rings. The summed E-state index contributed by atoms with van der Waals surface area (Å²) in [6.45, 7) is 2.32. The van der Waals surface area contributed by atoms with Gasteiger partial charge in [0.15, 0.2) is 0 Å². The normalized spacial score (nSPS) is 10.9. The first-order valence-corrected chi connectivity index (χ1v) is 8.21. The van der Waals surface area contributed by atoms with E-state index in [0.29, 0.717) is 12.1 Å². The van der Waals surface area contributed by atoms with Crippen molar-refractivity contribution in [3.63, 3.8) is 0 Å². The van der Waals surface area contributed by atoms with Gasteiger partial charge in [0.1, 0.15) is 0 Å². The van der Waals surface area contributed by atoms with E-state index in [2.05, 4.69) is 5.32 Å². The summed E-state index contributed by atoms with van der Waals surface area (Å²) in [6.07, 6.45) is 1.63. The largest absolute Gasteiger partial charge is 0.348 e. The molecule has 2 amide bonds. The second-order valence-electron chi connectivity index (χ2n) is 4.41. The molecule has 0 aliphatic heterocycles. The van der Waals surface area contributed by atoms with Crippen molar-refractivity contribution in [1.82, 2.24) is 15.6 Å². The molecule has 1 aromatic carbocycles. The molecular formula is C13H19N3O4S. The Morgan fingerprint density at radius 2 is 1.76 bits per heavy atom. The number of rotatable bonds is 7. The fourth-order valence-electron chi connectivity index (χ4n) is 1.47. The maximum atomic E-state index is 11.7. The second kappa shape index (κ2) is 8.38. The Morgan fingerprint density at radius 3 is 2.38 bits per heavy atom. The lowest BCUT2D eigenvalue weighted by molar-refractivity contribution is -0.139. The van der Waals surface area contributed by atoms with Crippen LogP contribution in [-0.4, -0.2) is 26.8 Å². The quantitative estimate of drug-likeness (QED) is 0.376. The van der Waals surface area contributed by atoms with E-state index in [1.807, 2.05) is 17.2 Å². The molecule has 0 aliphatic rings. The van der Waals surface area contributed by atoms with Crippen LogP contribution in [0.1, 0.15) is 25.3 Å². The molecule has 0 radical (unpaired) electrons. The summed E-state index contributed by atoms with van der Waals surface area (Å²) in [4.78, 5) is 24.6. The van der Waals surface area contributed by atoms with Gasteiger partial charge in [0.2, 0.25) is 10.0 Å². The summed E-state index contributed by atoms with van der Waals surface area (Å²) >= 11 is 0. The van der Waals surface area contributed by atoms with Gasteiger partial charge in [-0.2, -0.15) is 0 Å². The summed E-state index contributed by atoms with van der Waals surface area (Å²) < 4.78 is 23.5. The molecule has 0 atom stereocenters. The third-order valence-electron chi connectivity index (χ3n) is 2.54. The van der Waals surface area contributed by atoms with E-state index >= 15 is 0 Å². The van der Waals surface area contributed by atoms with Gasteiger partial charge in [-0.3, -0.25) is 15.0 Å². The minimum absolute atomic E-state index is 0.286. The molecule has 1 rings (SSSR count). The highest BCUT2D eigenvalue weighted by molar-refractivity contribution is 7.88.